The normalized spacial score (nSPS) is 19.5. The molecule has 0 bridgehead atoms. The standard InChI is InChI=1S/C9H9ClN2O2.ClH/c10-6-3-1-2-5-4-7(11)9(13)12(14)8(5)6;/h1-3,7,14H,4,11H2;1H/t7-;/m0./s1. The highest BCUT2D eigenvalue weighted by Gasteiger charge is 2.30. The average molecular weight is 249 g/mol. The van der Waals surface area contributed by atoms with Crippen LogP contribution in [-0.4, -0.2) is 17.2 Å². The molecule has 1 heterocycles. The summed E-state index contributed by atoms with van der Waals surface area (Å²) < 4.78 is 0. The van der Waals surface area contributed by atoms with Gasteiger partial charge in [0.2, 0.25) is 0 Å². The molecule has 0 aromatic heterocycles. The highest BCUT2D eigenvalue weighted by atomic mass is 35.5. The predicted molar refractivity (Wildman–Crippen MR) is 59.7 cm³/mol. The van der Waals surface area contributed by atoms with Gasteiger partial charge in [-0.2, -0.15) is 5.06 Å². The first kappa shape index (κ1) is 12.3. The van der Waals surface area contributed by atoms with Crippen LogP contribution in [0, 0.1) is 0 Å². The van der Waals surface area contributed by atoms with Crippen molar-refractivity contribution in [3.05, 3.63) is 28.8 Å². The van der Waals surface area contributed by atoms with Crippen LogP contribution in [-0.2, 0) is 11.2 Å². The van der Waals surface area contributed by atoms with Gasteiger partial charge in [-0.25, -0.2) is 0 Å². The topological polar surface area (TPSA) is 66.6 Å². The van der Waals surface area contributed by atoms with Gasteiger partial charge in [-0.3, -0.25) is 10.0 Å². The molecule has 1 aliphatic rings. The van der Waals surface area contributed by atoms with Crippen molar-refractivity contribution in [3.8, 4) is 0 Å². The molecule has 15 heavy (non-hydrogen) atoms. The number of benzene rings is 1. The molecule has 0 aliphatic carbocycles. The molecule has 0 fully saturated rings. The largest absolute Gasteiger partial charge is 0.320 e. The Morgan fingerprint density at radius 3 is 2.87 bits per heavy atom. The smallest absolute Gasteiger partial charge is 0.267 e. The summed E-state index contributed by atoms with van der Waals surface area (Å²) in [5.41, 5.74) is 6.67. The van der Waals surface area contributed by atoms with Gasteiger partial charge >= 0.3 is 0 Å². The highest BCUT2D eigenvalue weighted by molar-refractivity contribution is 6.34. The minimum absolute atomic E-state index is 0. The molecule has 0 saturated carbocycles. The van der Waals surface area contributed by atoms with Gasteiger partial charge in [-0.1, -0.05) is 23.7 Å². The summed E-state index contributed by atoms with van der Waals surface area (Å²) in [4.78, 5) is 11.3. The number of amides is 1. The first-order valence-electron chi connectivity index (χ1n) is 4.17. The maximum absolute atomic E-state index is 11.3. The van der Waals surface area contributed by atoms with E-state index in [1.165, 1.54) is 0 Å². The molecule has 2 rings (SSSR count). The molecule has 4 nitrogen and oxygen atoms in total. The van der Waals surface area contributed by atoms with E-state index in [0.717, 1.165) is 5.56 Å². The third-order valence-electron chi connectivity index (χ3n) is 2.25. The molecular formula is C9H10Cl2N2O2. The quantitative estimate of drug-likeness (QED) is 0.682. The van der Waals surface area contributed by atoms with Crippen LogP contribution in [0.3, 0.4) is 0 Å². The number of rotatable bonds is 0. The third kappa shape index (κ3) is 1.94. The Bertz CT molecular complexity index is 398. The Balaban J connectivity index is 0.00000112. The number of hydrogen-bond acceptors (Lipinski definition) is 3. The van der Waals surface area contributed by atoms with E-state index < -0.39 is 11.9 Å². The summed E-state index contributed by atoms with van der Waals surface area (Å²) in [6.45, 7) is 0. The Morgan fingerprint density at radius 2 is 2.20 bits per heavy atom. The second kappa shape index (κ2) is 4.37. The van der Waals surface area contributed by atoms with E-state index in [1.54, 1.807) is 18.2 Å². The van der Waals surface area contributed by atoms with E-state index in [-0.39, 0.29) is 12.4 Å². The second-order valence-corrected chi connectivity index (χ2v) is 3.62. The van der Waals surface area contributed by atoms with E-state index in [1.807, 2.05) is 0 Å². The van der Waals surface area contributed by atoms with Gasteiger partial charge in [0.05, 0.1) is 16.8 Å². The number of carbonyl (C=O) groups excluding carboxylic acids is 1. The Labute approximate surface area is 98.0 Å². The summed E-state index contributed by atoms with van der Waals surface area (Å²) in [6, 6.07) is 4.48. The van der Waals surface area contributed by atoms with Crippen molar-refractivity contribution in [1.29, 1.82) is 0 Å². The predicted octanol–water partition coefficient (Wildman–Crippen LogP) is 1.37. The average Bonchev–Trinajstić information content (AvgIpc) is 2.14. The second-order valence-electron chi connectivity index (χ2n) is 3.21. The van der Waals surface area contributed by atoms with E-state index in [9.17, 15) is 10.0 Å². The minimum Gasteiger partial charge on any atom is -0.320 e. The molecule has 0 saturated heterocycles. The van der Waals surface area contributed by atoms with E-state index in [0.29, 0.717) is 22.2 Å². The van der Waals surface area contributed by atoms with Crippen LogP contribution >= 0.6 is 24.0 Å². The van der Waals surface area contributed by atoms with Gasteiger partial charge in [-0.15, -0.1) is 12.4 Å². The zero-order valence-corrected chi connectivity index (χ0v) is 9.26. The van der Waals surface area contributed by atoms with Crippen LogP contribution in [0.5, 0.6) is 0 Å². The zero-order chi connectivity index (χ0) is 10.3. The number of nitrogens with zero attached hydrogens (tertiary/aromatic N) is 1. The SMILES string of the molecule is Cl.N[C@H]1Cc2cccc(Cl)c2N(O)C1=O. The number of carbonyl (C=O) groups is 1. The molecule has 0 radical (unpaired) electrons. The number of nitrogens with two attached hydrogens (primary N) is 1. The Hall–Kier alpha value is -0.810. The molecule has 0 spiro atoms. The number of hydroxylamine groups is 1. The summed E-state index contributed by atoms with van der Waals surface area (Å²) in [6.07, 6.45) is 0.409. The van der Waals surface area contributed by atoms with Crippen molar-refractivity contribution >= 4 is 35.6 Å². The van der Waals surface area contributed by atoms with Crippen LogP contribution in [0.15, 0.2) is 18.2 Å². The Morgan fingerprint density at radius 1 is 1.53 bits per heavy atom. The fourth-order valence-electron chi connectivity index (χ4n) is 1.55. The molecular weight excluding hydrogens is 239 g/mol. The maximum Gasteiger partial charge on any atom is 0.267 e. The molecule has 6 heteroatoms. The lowest BCUT2D eigenvalue weighted by Gasteiger charge is -2.28. The summed E-state index contributed by atoms with van der Waals surface area (Å²) >= 11 is 5.86. The van der Waals surface area contributed by atoms with Crippen molar-refractivity contribution < 1.29 is 10.0 Å². The van der Waals surface area contributed by atoms with Crippen LogP contribution < -0.4 is 10.8 Å². The molecule has 1 aliphatic heterocycles. The maximum atomic E-state index is 11.3. The van der Waals surface area contributed by atoms with Crippen molar-refractivity contribution in [3.63, 3.8) is 0 Å². The lowest BCUT2D eigenvalue weighted by molar-refractivity contribution is -0.125. The number of para-hydroxylation sites is 1. The number of fused-ring (bicyclic) bond motifs is 1. The van der Waals surface area contributed by atoms with Crippen molar-refractivity contribution in [2.75, 3.05) is 5.06 Å². The van der Waals surface area contributed by atoms with Crippen LogP contribution in [0.1, 0.15) is 5.56 Å². The van der Waals surface area contributed by atoms with Crippen molar-refractivity contribution in [2.24, 2.45) is 5.73 Å². The lowest BCUT2D eigenvalue weighted by Crippen LogP contribution is -2.47. The fraction of sp³-hybridized carbons (Fsp3) is 0.222. The number of hydrogen-bond donors (Lipinski definition) is 2. The number of anilines is 1. The monoisotopic (exact) mass is 248 g/mol. The molecule has 1 atom stereocenters. The summed E-state index contributed by atoms with van der Waals surface area (Å²) in [7, 11) is 0. The molecule has 1 amide bonds. The molecule has 1 aromatic carbocycles. The van der Waals surface area contributed by atoms with Gasteiger partial charge in [-0.05, 0) is 18.1 Å². The fourth-order valence-corrected chi connectivity index (χ4v) is 1.83. The lowest BCUT2D eigenvalue weighted by atomic mass is 9.99. The third-order valence-corrected chi connectivity index (χ3v) is 2.55. The van der Waals surface area contributed by atoms with Crippen molar-refractivity contribution in [1.82, 2.24) is 0 Å². The highest BCUT2D eigenvalue weighted by Crippen LogP contribution is 2.32. The summed E-state index contributed by atoms with van der Waals surface area (Å²) in [5, 5.41) is 10.4. The van der Waals surface area contributed by atoms with Crippen LogP contribution in [0.2, 0.25) is 5.02 Å². The minimum atomic E-state index is -0.689. The van der Waals surface area contributed by atoms with Crippen LogP contribution in [0.25, 0.3) is 0 Å². The van der Waals surface area contributed by atoms with E-state index in [4.69, 9.17) is 17.3 Å². The molecule has 1 aromatic rings. The van der Waals surface area contributed by atoms with Crippen LogP contribution in [0.4, 0.5) is 5.69 Å². The number of halogens is 2. The van der Waals surface area contributed by atoms with Gasteiger partial charge in [0.25, 0.3) is 5.91 Å². The van der Waals surface area contributed by atoms with Gasteiger partial charge in [0.1, 0.15) is 0 Å². The van der Waals surface area contributed by atoms with Gasteiger partial charge in [0.15, 0.2) is 0 Å². The first-order chi connectivity index (χ1) is 6.61. The van der Waals surface area contributed by atoms with Gasteiger partial charge in [0, 0.05) is 0 Å². The van der Waals surface area contributed by atoms with Gasteiger partial charge < -0.3 is 5.73 Å². The Kier molecular flexibility index (Phi) is 3.57. The van der Waals surface area contributed by atoms with Crippen molar-refractivity contribution in [2.45, 2.75) is 12.5 Å². The molecule has 82 valence electrons. The van der Waals surface area contributed by atoms with E-state index in [2.05, 4.69) is 0 Å². The van der Waals surface area contributed by atoms with E-state index >= 15 is 0 Å². The summed E-state index contributed by atoms with van der Waals surface area (Å²) in [5.74, 6) is -0.523. The zero-order valence-electron chi connectivity index (χ0n) is 7.68. The first-order valence-corrected chi connectivity index (χ1v) is 4.55. The molecule has 3 N–H and O–H groups in total. The molecule has 0 unspecified atom stereocenters.